The molecule has 4 heteroatoms. The van der Waals surface area contributed by atoms with Crippen LogP contribution in [0.25, 0.3) is 0 Å². The molecule has 2 N–H and O–H groups in total. The van der Waals surface area contributed by atoms with Crippen LogP contribution in [0.2, 0.25) is 5.02 Å². The summed E-state index contributed by atoms with van der Waals surface area (Å²) in [6.45, 7) is 0.379. The monoisotopic (exact) mass is 257 g/mol. The number of aliphatic hydroxyl groups is 1. The highest BCUT2D eigenvalue weighted by atomic mass is 35.5. The summed E-state index contributed by atoms with van der Waals surface area (Å²) in [4.78, 5) is 0. The van der Waals surface area contributed by atoms with Gasteiger partial charge in [0.25, 0.3) is 0 Å². The van der Waals surface area contributed by atoms with Gasteiger partial charge in [0.15, 0.2) is 5.82 Å². The molecular weight excluding hydrogens is 241 g/mol. The van der Waals surface area contributed by atoms with Crippen molar-refractivity contribution in [3.63, 3.8) is 0 Å². The number of benzene rings is 1. The largest absolute Gasteiger partial charge is 0.388 e. The number of hydrogen-bond donors (Lipinski definition) is 2. The Balaban J connectivity index is 1.99. The average molecular weight is 258 g/mol. The molecule has 1 saturated carbocycles. The lowest BCUT2D eigenvalue weighted by Gasteiger charge is -2.32. The molecule has 0 aliphatic heterocycles. The molecule has 0 amide bonds. The van der Waals surface area contributed by atoms with Crippen LogP contribution >= 0.6 is 11.6 Å². The van der Waals surface area contributed by atoms with E-state index in [1.165, 1.54) is 12.5 Å². The Morgan fingerprint density at radius 1 is 1.29 bits per heavy atom. The van der Waals surface area contributed by atoms with Crippen molar-refractivity contribution < 1.29 is 9.50 Å². The summed E-state index contributed by atoms with van der Waals surface area (Å²) in [6.07, 6.45) is 4.81. The Bertz CT molecular complexity index is 391. The van der Waals surface area contributed by atoms with Crippen LogP contribution in [0.3, 0.4) is 0 Å². The second-order valence-corrected chi connectivity index (χ2v) is 5.15. The van der Waals surface area contributed by atoms with E-state index in [2.05, 4.69) is 5.32 Å². The summed E-state index contributed by atoms with van der Waals surface area (Å²) in [5.74, 6) is -0.450. The first-order valence-electron chi connectivity index (χ1n) is 6.01. The van der Waals surface area contributed by atoms with Gasteiger partial charge in [-0.2, -0.15) is 0 Å². The Kier molecular flexibility index (Phi) is 3.89. The van der Waals surface area contributed by atoms with Crippen LogP contribution < -0.4 is 5.32 Å². The Hall–Kier alpha value is -0.800. The topological polar surface area (TPSA) is 32.3 Å². The number of nitrogens with one attached hydrogen (secondary N) is 1. The maximum atomic E-state index is 13.6. The number of rotatable bonds is 3. The predicted molar refractivity (Wildman–Crippen MR) is 67.9 cm³/mol. The summed E-state index contributed by atoms with van der Waals surface area (Å²) >= 11 is 5.69. The Labute approximate surface area is 106 Å². The molecular formula is C13H17ClFNO. The third-order valence-corrected chi connectivity index (χ3v) is 3.64. The number of hydrogen-bond acceptors (Lipinski definition) is 2. The SMILES string of the molecule is OC1(CNc2cccc(Cl)c2F)CCCCC1. The van der Waals surface area contributed by atoms with E-state index < -0.39 is 11.4 Å². The van der Waals surface area contributed by atoms with E-state index >= 15 is 0 Å². The van der Waals surface area contributed by atoms with Gasteiger partial charge in [-0.25, -0.2) is 4.39 Å². The third kappa shape index (κ3) is 3.11. The second-order valence-electron chi connectivity index (χ2n) is 4.74. The third-order valence-electron chi connectivity index (χ3n) is 3.34. The molecule has 0 heterocycles. The highest BCUT2D eigenvalue weighted by molar-refractivity contribution is 6.31. The minimum Gasteiger partial charge on any atom is -0.388 e. The first-order chi connectivity index (χ1) is 8.11. The molecule has 0 radical (unpaired) electrons. The Morgan fingerprint density at radius 3 is 2.71 bits per heavy atom. The van der Waals surface area contributed by atoms with E-state index in [1.54, 1.807) is 12.1 Å². The zero-order chi connectivity index (χ0) is 12.3. The Morgan fingerprint density at radius 2 is 2.00 bits per heavy atom. The van der Waals surface area contributed by atoms with Crippen molar-refractivity contribution in [1.82, 2.24) is 0 Å². The fraction of sp³-hybridized carbons (Fsp3) is 0.538. The highest BCUT2D eigenvalue weighted by Crippen LogP contribution is 2.29. The van der Waals surface area contributed by atoms with Crippen LogP contribution in [0.15, 0.2) is 18.2 Å². The first-order valence-corrected chi connectivity index (χ1v) is 6.39. The van der Waals surface area contributed by atoms with Gasteiger partial charge in [0.2, 0.25) is 0 Å². The van der Waals surface area contributed by atoms with Crippen molar-refractivity contribution in [3.05, 3.63) is 29.0 Å². The molecule has 1 aromatic rings. The maximum Gasteiger partial charge on any atom is 0.164 e. The quantitative estimate of drug-likeness (QED) is 0.867. The summed E-state index contributed by atoms with van der Waals surface area (Å²) in [6, 6.07) is 4.84. The number of anilines is 1. The smallest absolute Gasteiger partial charge is 0.164 e. The molecule has 1 aliphatic rings. The lowest BCUT2D eigenvalue weighted by atomic mass is 9.85. The van der Waals surface area contributed by atoms with Crippen LogP contribution in [-0.2, 0) is 0 Å². The second kappa shape index (κ2) is 5.23. The fourth-order valence-electron chi connectivity index (χ4n) is 2.29. The lowest BCUT2D eigenvalue weighted by molar-refractivity contribution is 0.0167. The molecule has 0 saturated heterocycles. The molecule has 0 spiro atoms. The molecule has 17 heavy (non-hydrogen) atoms. The van der Waals surface area contributed by atoms with Gasteiger partial charge in [0, 0.05) is 6.54 Å². The van der Waals surface area contributed by atoms with Crippen molar-refractivity contribution >= 4 is 17.3 Å². The van der Waals surface area contributed by atoms with Gasteiger partial charge < -0.3 is 10.4 Å². The summed E-state index contributed by atoms with van der Waals surface area (Å²) in [7, 11) is 0. The van der Waals surface area contributed by atoms with E-state index in [0.29, 0.717) is 12.2 Å². The molecule has 2 rings (SSSR count). The normalized spacial score (nSPS) is 19.0. The standard InChI is InChI=1S/C13H17ClFNO/c14-10-5-4-6-11(12(10)15)16-9-13(17)7-2-1-3-8-13/h4-6,16-17H,1-3,7-9H2. The molecule has 94 valence electrons. The minimum atomic E-state index is -0.701. The van der Waals surface area contributed by atoms with Crippen LogP contribution in [0.4, 0.5) is 10.1 Å². The highest BCUT2D eigenvalue weighted by Gasteiger charge is 2.29. The molecule has 0 atom stereocenters. The first kappa shape index (κ1) is 12.7. The average Bonchev–Trinajstić information content (AvgIpc) is 2.32. The van der Waals surface area contributed by atoms with E-state index in [4.69, 9.17) is 11.6 Å². The van der Waals surface area contributed by atoms with Crippen molar-refractivity contribution in [2.75, 3.05) is 11.9 Å². The van der Waals surface area contributed by atoms with Crippen molar-refractivity contribution in [3.8, 4) is 0 Å². The van der Waals surface area contributed by atoms with Gasteiger partial charge in [-0.3, -0.25) is 0 Å². The van der Waals surface area contributed by atoms with Crippen LogP contribution in [0.1, 0.15) is 32.1 Å². The zero-order valence-corrected chi connectivity index (χ0v) is 10.4. The van der Waals surface area contributed by atoms with Crippen molar-refractivity contribution in [2.45, 2.75) is 37.7 Å². The zero-order valence-electron chi connectivity index (χ0n) is 9.68. The van der Waals surface area contributed by atoms with E-state index in [1.807, 2.05) is 0 Å². The van der Waals surface area contributed by atoms with Crippen molar-refractivity contribution in [1.29, 1.82) is 0 Å². The van der Waals surface area contributed by atoms with Crippen LogP contribution in [-0.4, -0.2) is 17.3 Å². The van der Waals surface area contributed by atoms with Gasteiger partial charge >= 0.3 is 0 Å². The van der Waals surface area contributed by atoms with Gasteiger partial charge in [0.05, 0.1) is 16.3 Å². The minimum absolute atomic E-state index is 0.102. The molecule has 2 nitrogen and oxygen atoms in total. The van der Waals surface area contributed by atoms with E-state index in [-0.39, 0.29) is 5.02 Å². The molecule has 0 unspecified atom stereocenters. The predicted octanol–water partition coefficient (Wildman–Crippen LogP) is 3.59. The van der Waals surface area contributed by atoms with Gasteiger partial charge in [-0.1, -0.05) is 36.9 Å². The van der Waals surface area contributed by atoms with Crippen LogP contribution in [0, 0.1) is 5.82 Å². The fourth-order valence-corrected chi connectivity index (χ4v) is 2.46. The summed E-state index contributed by atoms with van der Waals surface area (Å²) < 4.78 is 13.6. The lowest BCUT2D eigenvalue weighted by Crippen LogP contribution is -2.38. The van der Waals surface area contributed by atoms with Crippen LogP contribution in [0.5, 0.6) is 0 Å². The molecule has 0 aromatic heterocycles. The molecule has 1 aliphatic carbocycles. The van der Waals surface area contributed by atoms with E-state index in [9.17, 15) is 9.50 Å². The summed E-state index contributed by atoms with van der Waals surface area (Å²) in [5, 5.41) is 13.3. The van der Waals surface area contributed by atoms with Gasteiger partial charge in [-0.15, -0.1) is 0 Å². The summed E-state index contributed by atoms with van der Waals surface area (Å²) in [5.41, 5.74) is -0.344. The molecule has 1 aromatic carbocycles. The van der Waals surface area contributed by atoms with Crippen molar-refractivity contribution in [2.24, 2.45) is 0 Å². The molecule has 1 fully saturated rings. The van der Waals surface area contributed by atoms with E-state index in [0.717, 1.165) is 25.7 Å². The molecule has 0 bridgehead atoms. The number of halogens is 2. The van der Waals surface area contributed by atoms with Gasteiger partial charge in [0.1, 0.15) is 0 Å². The maximum absolute atomic E-state index is 13.6. The van der Waals surface area contributed by atoms with Gasteiger partial charge in [-0.05, 0) is 25.0 Å².